The van der Waals surface area contributed by atoms with Gasteiger partial charge in [-0.15, -0.1) is 5.10 Å². The van der Waals surface area contributed by atoms with Gasteiger partial charge in [0.25, 0.3) is 0 Å². The first-order chi connectivity index (χ1) is 13.6. The van der Waals surface area contributed by atoms with Gasteiger partial charge in [-0.1, -0.05) is 52.9 Å². The first kappa shape index (κ1) is 18.1. The second kappa shape index (κ2) is 7.77. The lowest BCUT2D eigenvalue weighted by Crippen LogP contribution is -2.15. The molecule has 1 N–H and O–H groups in total. The summed E-state index contributed by atoms with van der Waals surface area (Å²) in [4.78, 5) is 21.0. The smallest absolute Gasteiger partial charge is 0.234 e. The minimum absolute atomic E-state index is 0.0980. The highest BCUT2D eigenvalue weighted by Gasteiger charge is 2.15. The van der Waals surface area contributed by atoms with Crippen molar-refractivity contribution in [3.63, 3.8) is 0 Å². The van der Waals surface area contributed by atoms with Crippen LogP contribution in [0, 0.1) is 13.8 Å². The predicted octanol–water partition coefficient (Wildman–Crippen LogP) is 3.56. The molecule has 0 fully saturated rings. The maximum Gasteiger partial charge on any atom is 0.234 e. The number of carbonyl (C=O) groups is 1. The van der Waals surface area contributed by atoms with Crippen LogP contribution in [0.5, 0.6) is 0 Å². The zero-order valence-corrected chi connectivity index (χ0v) is 16.3. The van der Waals surface area contributed by atoms with Gasteiger partial charge in [0, 0.05) is 5.69 Å². The number of nitrogens with zero attached hydrogens (tertiary/aromatic N) is 5. The lowest BCUT2D eigenvalue weighted by atomic mass is 10.1. The standard InChI is InChI=1S/C20H18N6OS/c1-13-8-9-16(14(2)10-13)23-17(27)11-28-20-18-19(21-12-22-20)26(25-24-18)15-6-4-3-5-7-15/h3-10,12H,11H2,1-2H3,(H,23,27). The minimum atomic E-state index is -0.0980. The third-order valence-corrected chi connectivity index (χ3v) is 5.18. The minimum Gasteiger partial charge on any atom is -0.325 e. The third kappa shape index (κ3) is 3.72. The molecule has 4 rings (SSSR count). The summed E-state index contributed by atoms with van der Waals surface area (Å²) >= 11 is 1.32. The van der Waals surface area contributed by atoms with Crippen LogP contribution in [0.15, 0.2) is 59.9 Å². The Hall–Kier alpha value is -3.26. The molecular weight excluding hydrogens is 372 g/mol. The maximum absolute atomic E-state index is 12.4. The van der Waals surface area contributed by atoms with E-state index >= 15 is 0 Å². The molecule has 0 bridgehead atoms. The van der Waals surface area contributed by atoms with E-state index in [-0.39, 0.29) is 11.7 Å². The summed E-state index contributed by atoms with van der Waals surface area (Å²) < 4.78 is 1.66. The van der Waals surface area contributed by atoms with E-state index in [0.29, 0.717) is 16.2 Å². The molecule has 7 nitrogen and oxygen atoms in total. The summed E-state index contributed by atoms with van der Waals surface area (Å²) in [6, 6.07) is 15.6. The van der Waals surface area contributed by atoms with Gasteiger partial charge in [-0.2, -0.15) is 4.68 Å². The first-order valence-electron chi connectivity index (χ1n) is 8.73. The first-order valence-corrected chi connectivity index (χ1v) is 9.72. The number of fused-ring (bicyclic) bond motifs is 1. The van der Waals surface area contributed by atoms with Gasteiger partial charge in [-0.25, -0.2) is 9.97 Å². The number of benzene rings is 2. The van der Waals surface area contributed by atoms with Crippen LogP contribution in [0.1, 0.15) is 11.1 Å². The predicted molar refractivity (Wildman–Crippen MR) is 110 cm³/mol. The number of thioether (sulfide) groups is 1. The van der Waals surface area contributed by atoms with Gasteiger partial charge in [-0.3, -0.25) is 4.79 Å². The van der Waals surface area contributed by atoms with Crippen LogP contribution in [0.2, 0.25) is 0 Å². The van der Waals surface area contributed by atoms with Gasteiger partial charge in [0.05, 0.1) is 11.4 Å². The molecule has 4 aromatic rings. The molecule has 0 aliphatic carbocycles. The molecule has 1 amide bonds. The van der Waals surface area contributed by atoms with Crippen LogP contribution in [0.3, 0.4) is 0 Å². The van der Waals surface area contributed by atoms with E-state index < -0.39 is 0 Å². The summed E-state index contributed by atoms with van der Waals surface area (Å²) in [6.45, 7) is 4.00. The molecule has 0 saturated carbocycles. The number of nitrogens with one attached hydrogen (secondary N) is 1. The monoisotopic (exact) mass is 390 g/mol. The Morgan fingerprint density at radius 3 is 2.71 bits per heavy atom. The molecule has 140 valence electrons. The van der Waals surface area contributed by atoms with Gasteiger partial charge < -0.3 is 5.32 Å². The van der Waals surface area contributed by atoms with Crippen molar-refractivity contribution in [3.05, 3.63) is 66.0 Å². The van der Waals surface area contributed by atoms with Crippen LogP contribution in [-0.2, 0) is 4.79 Å². The number of aromatic nitrogens is 5. The van der Waals surface area contributed by atoms with Crippen LogP contribution >= 0.6 is 11.8 Å². The van der Waals surface area contributed by atoms with Gasteiger partial charge in [-0.05, 0) is 37.6 Å². The van der Waals surface area contributed by atoms with Crippen LogP contribution in [0.4, 0.5) is 5.69 Å². The zero-order valence-electron chi connectivity index (χ0n) is 15.5. The summed E-state index contributed by atoms with van der Waals surface area (Å²) in [6.07, 6.45) is 1.47. The molecule has 0 saturated heterocycles. The molecule has 2 aromatic carbocycles. The topological polar surface area (TPSA) is 85.6 Å². The quantitative estimate of drug-likeness (QED) is 0.414. The summed E-state index contributed by atoms with van der Waals surface area (Å²) in [7, 11) is 0. The number of anilines is 1. The number of rotatable bonds is 5. The van der Waals surface area contributed by atoms with Crippen molar-refractivity contribution in [2.45, 2.75) is 18.9 Å². The van der Waals surface area contributed by atoms with Gasteiger partial charge in [0.15, 0.2) is 11.2 Å². The van der Waals surface area contributed by atoms with Crippen molar-refractivity contribution in [2.24, 2.45) is 0 Å². The Morgan fingerprint density at radius 2 is 1.93 bits per heavy atom. The molecule has 0 atom stereocenters. The molecular formula is C20H18N6OS. The van der Waals surface area contributed by atoms with Gasteiger partial charge >= 0.3 is 0 Å². The number of carbonyl (C=O) groups excluding carboxylic acids is 1. The fourth-order valence-corrected chi connectivity index (χ4v) is 3.58. The number of hydrogen-bond donors (Lipinski definition) is 1. The van der Waals surface area contributed by atoms with Crippen molar-refractivity contribution < 1.29 is 4.79 Å². The number of amides is 1. The van der Waals surface area contributed by atoms with E-state index in [1.54, 1.807) is 4.68 Å². The normalized spacial score (nSPS) is 10.9. The van der Waals surface area contributed by atoms with Crippen molar-refractivity contribution in [2.75, 3.05) is 11.1 Å². The largest absolute Gasteiger partial charge is 0.325 e. The highest BCUT2D eigenvalue weighted by molar-refractivity contribution is 8.00. The van der Waals surface area contributed by atoms with Gasteiger partial charge in [0.2, 0.25) is 5.91 Å². The van der Waals surface area contributed by atoms with Crippen molar-refractivity contribution >= 4 is 34.5 Å². The van der Waals surface area contributed by atoms with E-state index in [9.17, 15) is 4.79 Å². The zero-order chi connectivity index (χ0) is 19.5. The van der Waals surface area contributed by atoms with Crippen molar-refractivity contribution in [1.29, 1.82) is 0 Å². The fraction of sp³-hybridized carbons (Fsp3) is 0.150. The second-order valence-electron chi connectivity index (χ2n) is 6.34. The average molecular weight is 390 g/mol. The lowest BCUT2D eigenvalue weighted by Gasteiger charge is -2.09. The lowest BCUT2D eigenvalue weighted by molar-refractivity contribution is -0.113. The Labute approximate surface area is 166 Å². The molecule has 8 heteroatoms. The highest BCUT2D eigenvalue weighted by Crippen LogP contribution is 2.24. The Kier molecular flexibility index (Phi) is 5.03. The SMILES string of the molecule is Cc1ccc(NC(=O)CSc2ncnc3c2nnn3-c2ccccc2)c(C)c1. The van der Waals surface area contributed by atoms with E-state index in [1.165, 1.54) is 18.1 Å². The van der Waals surface area contributed by atoms with E-state index in [4.69, 9.17) is 0 Å². The van der Waals surface area contributed by atoms with E-state index in [2.05, 4.69) is 25.6 Å². The summed E-state index contributed by atoms with van der Waals surface area (Å²) in [5.74, 6) is 0.122. The number of para-hydroxylation sites is 1. The Balaban J connectivity index is 1.51. The van der Waals surface area contributed by atoms with Gasteiger partial charge in [0.1, 0.15) is 11.4 Å². The fourth-order valence-electron chi connectivity index (χ4n) is 2.85. The average Bonchev–Trinajstić information content (AvgIpc) is 3.14. The number of hydrogen-bond acceptors (Lipinski definition) is 6. The van der Waals surface area contributed by atoms with Crippen LogP contribution in [0.25, 0.3) is 16.9 Å². The molecule has 0 unspecified atom stereocenters. The summed E-state index contributed by atoms with van der Waals surface area (Å²) in [5.41, 5.74) is 5.07. The van der Waals surface area contributed by atoms with Crippen LogP contribution < -0.4 is 5.32 Å². The molecule has 0 aliphatic rings. The maximum atomic E-state index is 12.4. The molecule has 28 heavy (non-hydrogen) atoms. The highest BCUT2D eigenvalue weighted by atomic mass is 32.2. The Morgan fingerprint density at radius 1 is 1.11 bits per heavy atom. The third-order valence-electron chi connectivity index (χ3n) is 4.20. The van der Waals surface area contributed by atoms with Crippen molar-refractivity contribution in [3.8, 4) is 5.69 Å². The molecule has 2 heterocycles. The molecule has 0 spiro atoms. The second-order valence-corrected chi connectivity index (χ2v) is 7.31. The summed E-state index contributed by atoms with van der Waals surface area (Å²) in [5, 5.41) is 12.0. The molecule has 0 radical (unpaired) electrons. The number of aryl methyl sites for hydroxylation is 2. The van der Waals surface area contributed by atoms with Crippen molar-refractivity contribution in [1.82, 2.24) is 25.0 Å². The van der Waals surface area contributed by atoms with Crippen LogP contribution in [-0.4, -0.2) is 36.6 Å². The van der Waals surface area contributed by atoms with E-state index in [1.807, 2.05) is 62.4 Å². The van der Waals surface area contributed by atoms with E-state index in [0.717, 1.165) is 22.5 Å². The Bertz CT molecular complexity index is 1140. The molecule has 0 aliphatic heterocycles. The molecule has 2 aromatic heterocycles.